The molecule has 1 N–H and O–H groups in total. The molecule has 2 aromatic carbocycles. The maximum atomic E-state index is 13.7. The summed E-state index contributed by atoms with van der Waals surface area (Å²) in [5.74, 6) is -0.154. The number of hydrogen-bond donors (Lipinski definition) is 1. The largest absolute Gasteiger partial charge is 0.511 e. The van der Waals surface area contributed by atoms with Crippen LogP contribution in [0.4, 0.5) is 23.2 Å². The third kappa shape index (κ3) is 4.99. The highest BCUT2D eigenvalue weighted by molar-refractivity contribution is 7.89. The molecule has 1 atom stereocenters. The normalized spacial score (nSPS) is 19.2. The highest BCUT2D eigenvalue weighted by Crippen LogP contribution is 2.46. The first kappa shape index (κ1) is 24.8. The number of imidazole rings is 1. The third-order valence-corrected chi connectivity index (χ3v) is 8.45. The van der Waals surface area contributed by atoms with E-state index in [1.807, 2.05) is 23.1 Å². The monoisotopic (exact) mass is 522 g/mol. The van der Waals surface area contributed by atoms with Crippen LogP contribution < -0.4 is 4.90 Å². The second-order valence-corrected chi connectivity index (χ2v) is 11.3. The number of fused-ring (bicyclic) bond motifs is 1. The van der Waals surface area contributed by atoms with Gasteiger partial charge in [0, 0.05) is 31.0 Å². The van der Waals surface area contributed by atoms with Crippen molar-refractivity contribution in [2.24, 2.45) is 0 Å². The van der Waals surface area contributed by atoms with Crippen molar-refractivity contribution in [3.05, 3.63) is 83.2 Å². The summed E-state index contributed by atoms with van der Waals surface area (Å²) < 4.78 is 80.5. The van der Waals surface area contributed by atoms with E-state index in [0.717, 1.165) is 35.3 Å². The van der Waals surface area contributed by atoms with Gasteiger partial charge in [-0.2, -0.15) is 17.5 Å². The summed E-state index contributed by atoms with van der Waals surface area (Å²) in [7, 11) is -5.56. The Morgan fingerprint density at radius 1 is 1.08 bits per heavy atom. The summed E-state index contributed by atoms with van der Waals surface area (Å²) >= 11 is 0. The summed E-state index contributed by atoms with van der Waals surface area (Å²) in [5.41, 5.74) is -1.56. The molecule has 1 unspecified atom stereocenters. The second kappa shape index (κ2) is 9.51. The van der Waals surface area contributed by atoms with Gasteiger partial charge in [0.15, 0.2) is 0 Å². The molecule has 0 saturated heterocycles. The van der Waals surface area contributed by atoms with E-state index < -0.39 is 21.6 Å². The number of benzene rings is 2. The number of hydrogen-bond acceptors (Lipinski definition) is 4. The van der Waals surface area contributed by atoms with Crippen LogP contribution in [0.2, 0.25) is 0 Å². The molecule has 3 aromatic rings. The van der Waals surface area contributed by atoms with Crippen molar-refractivity contribution >= 4 is 15.7 Å². The molecule has 0 spiro atoms. The van der Waals surface area contributed by atoms with Crippen LogP contribution in [-0.2, 0) is 29.5 Å². The molecular weight excluding hydrogens is 496 g/mol. The van der Waals surface area contributed by atoms with Crippen molar-refractivity contribution in [3.8, 4) is 0 Å². The molecule has 2 aliphatic rings. The molecule has 6 nitrogen and oxygen atoms in total. The van der Waals surface area contributed by atoms with E-state index in [9.17, 15) is 26.0 Å². The van der Waals surface area contributed by atoms with E-state index in [-0.39, 0.29) is 24.8 Å². The highest BCUT2D eigenvalue weighted by Gasteiger charge is 2.51. The molecule has 2 heterocycles. The van der Waals surface area contributed by atoms with Crippen LogP contribution in [0.5, 0.6) is 0 Å². The van der Waals surface area contributed by atoms with Crippen molar-refractivity contribution in [2.45, 2.75) is 56.2 Å². The lowest BCUT2D eigenvalue weighted by molar-refractivity contribution is -0.0492. The van der Waals surface area contributed by atoms with Gasteiger partial charge in [-0.15, -0.1) is 0 Å². The van der Waals surface area contributed by atoms with Crippen molar-refractivity contribution in [3.63, 3.8) is 0 Å². The van der Waals surface area contributed by atoms with Gasteiger partial charge in [0.1, 0.15) is 5.82 Å². The number of H-pyrrole nitrogens is 1. The third-order valence-electron chi connectivity index (χ3n) is 6.91. The lowest BCUT2D eigenvalue weighted by Gasteiger charge is -2.34. The zero-order valence-electron chi connectivity index (χ0n) is 19.4. The number of anilines is 1. The minimum atomic E-state index is -5.56. The van der Waals surface area contributed by atoms with Crippen LogP contribution in [0.25, 0.3) is 0 Å². The first-order valence-corrected chi connectivity index (χ1v) is 13.2. The van der Waals surface area contributed by atoms with Crippen LogP contribution in [0.3, 0.4) is 0 Å². The summed E-state index contributed by atoms with van der Waals surface area (Å²) in [6, 6.07) is 11.0. The fourth-order valence-electron chi connectivity index (χ4n) is 4.91. The van der Waals surface area contributed by atoms with Crippen LogP contribution in [0.15, 0.2) is 55.0 Å². The van der Waals surface area contributed by atoms with E-state index in [2.05, 4.69) is 9.97 Å². The average Bonchev–Trinajstić information content (AvgIpc) is 3.58. The van der Waals surface area contributed by atoms with E-state index >= 15 is 0 Å². The number of sulfonamides is 1. The maximum Gasteiger partial charge on any atom is 0.511 e. The Labute approximate surface area is 207 Å². The lowest BCUT2D eigenvalue weighted by Crippen LogP contribution is -2.47. The van der Waals surface area contributed by atoms with Crippen molar-refractivity contribution in [1.29, 1.82) is 0 Å². The summed E-state index contributed by atoms with van der Waals surface area (Å²) in [6.45, 7) is -0.332. The molecule has 1 fully saturated rings. The lowest BCUT2D eigenvalue weighted by atomic mass is 9.99. The predicted molar refractivity (Wildman–Crippen MR) is 127 cm³/mol. The minimum absolute atomic E-state index is 0.222. The van der Waals surface area contributed by atoms with Gasteiger partial charge >= 0.3 is 15.5 Å². The van der Waals surface area contributed by atoms with Gasteiger partial charge in [-0.25, -0.2) is 17.8 Å². The molecule has 0 bridgehead atoms. The molecule has 192 valence electrons. The smallest absolute Gasteiger partial charge is 0.361 e. The number of aromatic nitrogens is 2. The molecular formula is C25H26F4N4O2S. The van der Waals surface area contributed by atoms with Gasteiger partial charge in [-0.05, 0) is 66.5 Å². The number of halogens is 4. The number of nitrogens with one attached hydrogen (secondary N) is 1. The molecule has 0 amide bonds. The number of rotatable bonds is 7. The quantitative estimate of drug-likeness (QED) is 0.439. The number of aryl methyl sites for hydroxylation is 1. The molecule has 1 saturated carbocycles. The summed E-state index contributed by atoms with van der Waals surface area (Å²) in [5, 5.41) is 0. The van der Waals surface area contributed by atoms with E-state index in [4.69, 9.17) is 0 Å². The Morgan fingerprint density at radius 3 is 2.47 bits per heavy atom. The van der Waals surface area contributed by atoms with Gasteiger partial charge in [0.25, 0.3) is 0 Å². The van der Waals surface area contributed by atoms with Crippen LogP contribution in [-0.4, -0.2) is 40.8 Å². The number of nitrogens with zero attached hydrogens (tertiary/aromatic N) is 3. The van der Waals surface area contributed by atoms with Crippen LogP contribution in [0, 0.1) is 5.82 Å². The number of alkyl halides is 3. The highest BCUT2D eigenvalue weighted by atomic mass is 32.2. The Kier molecular flexibility index (Phi) is 6.54. The second-order valence-electron chi connectivity index (χ2n) is 9.39. The van der Waals surface area contributed by atoms with Gasteiger partial charge < -0.3 is 9.88 Å². The van der Waals surface area contributed by atoms with Gasteiger partial charge in [-0.3, -0.25) is 0 Å². The van der Waals surface area contributed by atoms with Crippen LogP contribution >= 0.6 is 0 Å². The van der Waals surface area contributed by atoms with Crippen molar-refractivity contribution in [1.82, 2.24) is 14.3 Å². The zero-order chi connectivity index (χ0) is 25.5. The average molecular weight is 523 g/mol. The van der Waals surface area contributed by atoms with Gasteiger partial charge in [0.05, 0.1) is 18.6 Å². The summed E-state index contributed by atoms with van der Waals surface area (Å²) in [4.78, 5) is 9.10. The fraction of sp³-hybridized carbons (Fsp3) is 0.400. The standard InChI is InChI=1S/C25H26F4N4O2S/c26-19-9-4-17(5-10-19)6-11-21-14-32(36(34,35)25(27,28)29)15-23-22(18-7-8-18)2-1-3-24(23)33(21)13-20-12-30-16-31-20/h1-5,9-10,12,16,18,21H,6-8,11,13-15H2,(H,30,31). The van der Waals surface area contributed by atoms with E-state index in [0.29, 0.717) is 29.3 Å². The Morgan fingerprint density at radius 2 is 1.83 bits per heavy atom. The summed E-state index contributed by atoms with van der Waals surface area (Å²) in [6.07, 6.45) is 5.85. The van der Waals surface area contributed by atoms with Crippen LogP contribution in [0.1, 0.15) is 47.6 Å². The van der Waals surface area contributed by atoms with Gasteiger partial charge in [-0.1, -0.05) is 24.3 Å². The predicted octanol–water partition coefficient (Wildman–Crippen LogP) is 5.10. The first-order chi connectivity index (χ1) is 17.1. The van der Waals surface area contributed by atoms with Crippen molar-refractivity contribution in [2.75, 3.05) is 11.4 Å². The molecule has 11 heteroatoms. The first-order valence-electron chi connectivity index (χ1n) is 11.8. The molecule has 5 rings (SSSR count). The molecule has 0 radical (unpaired) electrons. The fourth-order valence-corrected chi connectivity index (χ4v) is 5.87. The Bertz CT molecular complexity index is 1310. The number of aromatic amines is 1. The zero-order valence-corrected chi connectivity index (χ0v) is 20.2. The topological polar surface area (TPSA) is 69.3 Å². The molecule has 36 heavy (non-hydrogen) atoms. The van der Waals surface area contributed by atoms with E-state index in [1.54, 1.807) is 18.3 Å². The molecule has 1 aliphatic carbocycles. The minimum Gasteiger partial charge on any atom is -0.361 e. The molecule has 1 aromatic heterocycles. The van der Waals surface area contributed by atoms with Crippen molar-refractivity contribution < 1.29 is 26.0 Å². The Hall–Kier alpha value is -2.92. The maximum absolute atomic E-state index is 13.7. The molecule has 1 aliphatic heterocycles. The SMILES string of the molecule is O=S(=O)(N1Cc2c(C3CC3)cccc2N(Cc2cnc[nH]2)C(CCc2ccc(F)cc2)C1)C(F)(F)F. The Balaban J connectivity index is 1.58. The van der Waals surface area contributed by atoms with Gasteiger partial charge in [0.2, 0.25) is 0 Å². The van der Waals surface area contributed by atoms with E-state index in [1.165, 1.54) is 18.5 Å².